The summed E-state index contributed by atoms with van der Waals surface area (Å²) >= 11 is 0. The molecule has 0 bridgehead atoms. The Morgan fingerprint density at radius 1 is 1.33 bits per heavy atom. The SMILES string of the molecule is CCc1ccnc(C(=O)N(CCS(C)(=O)=O)C(C)(C)C)c1. The highest BCUT2D eigenvalue weighted by molar-refractivity contribution is 7.90. The Bertz CT molecular complexity index is 604. The number of rotatable bonds is 5. The summed E-state index contributed by atoms with van der Waals surface area (Å²) in [6.45, 7) is 7.83. The molecular weight excluding hydrogens is 288 g/mol. The van der Waals surface area contributed by atoms with Gasteiger partial charge >= 0.3 is 0 Å². The number of carbonyl (C=O) groups excluding carboxylic acids is 1. The lowest BCUT2D eigenvalue weighted by Crippen LogP contribution is -2.48. The van der Waals surface area contributed by atoms with Gasteiger partial charge in [0.05, 0.1) is 5.75 Å². The maximum atomic E-state index is 12.6. The van der Waals surface area contributed by atoms with Gasteiger partial charge in [-0.15, -0.1) is 0 Å². The molecule has 21 heavy (non-hydrogen) atoms. The molecule has 0 saturated heterocycles. The van der Waals surface area contributed by atoms with Gasteiger partial charge in [0.2, 0.25) is 0 Å². The van der Waals surface area contributed by atoms with Crippen molar-refractivity contribution in [2.24, 2.45) is 0 Å². The van der Waals surface area contributed by atoms with E-state index in [1.807, 2.05) is 33.8 Å². The molecule has 1 rings (SSSR count). The fraction of sp³-hybridized carbons (Fsp3) is 0.600. The minimum absolute atomic E-state index is 0.0521. The van der Waals surface area contributed by atoms with Crippen LogP contribution < -0.4 is 0 Å². The third-order valence-electron chi connectivity index (χ3n) is 3.19. The van der Waals surface area contributed by atoms with Crippen molar-refractivity contribution in [3.8, 4) is 0 Å². The van der Waals surface area contributed by atoms with Crippen LogP contribution in [0.4, 0.5) is 0 Å². The monoisotopic (exact) mass is 312 g/mol. The van der Waals surface area contributed by atoms with Crippen molar-refractivity contribution in [3.63, 3.8) is 0 Å². The lowest BCUT2D eigenvalue weighted by Gasteiger charge is -2.35. The van der Waals surface area contributed by atoms with Crippen molar-refractivity contribution in [1.82, 2.24) is 9.88 Å². The quantitative estimate of drug-likeness (QED) is 0.833. The zero-order valence-electron chi connectivity index (χ0n) is 13.4. The molecule has 0 spiro atoms. The van der Waals surface area contributed by atoms with E-state index in [0.29, 0.717) is 5.69 Å². The van der Waals surface area contributed by atoms with Crippen LogP contribution in [0.1, 0.15) is 43.7 Å². The van der Waals surface area contributed by atoms with E-state index in [4.69, 9.17) is 0 Å². The van der Waals surface area contributed by atoms with Gasteiger partial charge in [0, 0.05) is 24.5 Å². The van der Waals surface area contributed by atoms with Crippen molar-refractivity contribution in [1.29, 1.82) is 0 Å². The third kappa shape index (κ3) is 5.46. The van der Waals surface area contributed by atoms with E-state index in [9.17, 15) is 13.2 Å². The van der Waals surface area contributed by atoms with Crippen LogP contribution in [0.3, 0.4) is 0 Å². The van der Waals surface area contributed by atoms with Crippen molar-refractivity contribution in [2.75, 3.05) is 18.6 Å². The van der Waals surface area contributed by atoms with Crippen LogP contribution in [0.5, 0.6) is 0 Å². The zero-order chi connectivity index (χ0) is 16.3. The van der Waals surface area contributed by atoms with Gasteiger partial charge in [0.1, 0.15) is 15.5 Å². The number of amides is 1. The Hall–Kier alpha value is -1.43. The maximum absolute atomic E-state index is 12.6. The topological polar surface area (TPSA) is 67.3 Å². The number of aromatic nitrogens is 1. The summed E-state index contributed by atoms with van der Waals surface area (Å²) in [7, 11) is -3.12. The van der Waals surface area contributed by atoms with Gasteiger partial charge in [0.15, 0.2) is 0 Å². The summed E-state index contributed by atoms with van der Waals surface area (Å²) < 4.78 is 22.7. The summed E-state index contributed by atoms with van der Waals surface area (Å²) in [6.07, 6.45) is 3.61. The molecule has 0 saturated carbocycles. The molecule has 118 valence electrons. The average molecular weight is 312 g/mol. The highest BCUT2D eigenvalue weighted by atomic mass is 32.2. The number of nitrogens with zero attached hydrogens (tertiary/aromatic N) is 2. The number of pyridine rings is 1. The Kier molecular flexibility index (Phi) is 5.50. The molecule has 5 nitrogen and oxygen atoms in total. The fourth-order valence-corrected chi connectivity index (χ4v) is 2.46. The van der Waals surface area contributed by atoms with Gasteiger partial charge in [-0.3, -0.25) is 9.78 Å². The second-order valence-corrected chi connectivity index (χ2v) is 8.42. The summed E-state index contributed by atoms with van der Waals surface area (Å²) in [6, 6.07) is 3.64. The van der Waals surface area contributed by atoms with Crippen molar-refractivity contribution in [2.45, 2.75) is 39.7 Å². The number of hydrogen-bond donors (Lipinski definition) is 0. The van der Waals surface area contributed by atoms with Gasteiger partial charge in [-0.25, -0.2) is 8.42 Å². The Morgan fingerprint density at radius 3 is 2.43 bits per heavy atom. The van der Waals surface area contributed by atoms with Gasteiger partial charge in [-0.05, 0) is 44.9 Å². The number of carbonyl (C=O) groups is 1. The van der Waals surface area contributed by atoms with Crippen molar-refractivity contribution < 1.29 is 13.2 Å². The largest absolute Gasteiger partial charge is 0.331 e. The van der Waals surface area contributed by atoms with Gasteiger partial charge < -0.3 is 4.90 Å². The Balaban J connectivity index is 3.05. The molecule has 1 heterocycles. The van der Waals surface area contributed by atoms with E-state index in [1.165, 1.54) is 6.26 Å². The first-order chi connectivity index (χ1) is 9.54. The number of aryl methyl sites for hydroxylation is 1. The molecule has 0 aliphatic carbocycles. The average Bonchev–Trinajstić information content (AvgIpc) is 2.35. The summed E-state index contributed by atoms with van der Waals surface area (Å²) in [4.78, 5) is 18.3. The highest BCUT2D eigenvalue weighted by Gasteiger charge is 2.28. The Labute approximate surface area is 127 Å². The molecule has 0 radical (unpaired) electrons. The predicted molar refractivity (Wildman–Crippen MR) is 84.1 cm³/mol. The van der Waals surface area contributed by atoms with Crippen LogP contribution in [0.2, 0.25) is 0 Å². The van der Waals surface area contributed by atoms with Gasteiger partial charge in [0.25, 0.3) is 5.91 Å². The molecule has 0 unspecified atom stereocenters. The predicted octanol–water partition coefficient (Wildman–Crippen LogP) is 1.93. The van der Waals surface area contributed by atoms with Gasteiger partial charge in [-0.1, -0.05) is 6.92 Å². The summed E-state index contributed by atoms with van der Waals surface area (Å²) in [5, 5.41) is 0. The first-order valence-electron chi connectivity index (χ1n) is 6.99. The molecule has 0 aliphatic rings. The molecule has 0 fully saturated rings. The lowest BCUT2D eigenvalue weighted by molar-refractivity contribution is 0.0595. The van der Waals surface area contributed by atoms with Crippen LogP contribution in [-0.2, 0) is 16.3 Å². The number of hydrogen-bond acceptors (Lipinski definition) is 4. The smallest absolute Gasteiger partial charge is 0.272 e. The molecule has 1 aromatic rings. The highest BCUT2D eigenvalue weighted by Crippen LogP contribution is 2.17. The minimum Gasteiger partial charge on any atom is -0.331 e. The Morgan fingerprint density at radius 2 is 1.95 bits per heavy atom. The van der Waals surface area contributed by atoms with Crippen LogP contribution in [-0.4, -0.2) is 48.3 Å². The van der Waals surface area contributed by atoms with E-state index < -0.39 is 15.4 Å². The zero-order valence-corrected chi connectivity index (χ0v) is 14.2. The molecule has 0 aromatic carbocycles. The first-order valence-corrected chi connectivity index (χ1v) is 9.05. The van der Waals surface area contributed by atoms with E-state index in [2.05, 4.69) is 4.98 Å². The van der Waals surface area contributed by atoms with E-state index in [-0.39, 0.29) is 18.2 Å². The van der Waals surface area contributed by atoms with Crippen LogP contribution in [0, 0.1) is 0 Å². The normalized spacial score (nSPS) is 12.2. The third-order valence-corrected chi connectivity index (χ3v) is 4.12. The van der Waals surface area contributed by atoms with Crippen molar-refractivity contribution in [3.05, 3.63) is 29.6 Å². The maximum Gasteiger partial charge on any atom is 0.272 e. The molecule has 0 N–H and O–H groups in total. The summed E-state index contributed by atoms with van der Waals surface area (Å²) in [5.74, 6) is -0.287. The lowest BCUT2D eigenvalue weighted by atomic mass is 10.0. The molecule has 0 aliphatic heterocycles. The van der Waals surface area contributed by atoms with E-state index in [1.54, 1.807) is 17.2 Å². The molecular formula is C15H24N2O3S. The standard InChI is InChI=1S/C15H24N2O3S/c1-6-12-7-8-16-13(11-12)14(18)17(15(2,3)4)9-10-21(5,19)20/h7-8,11H,6,9-10H2,1-5H3. The van der Waals surface area contributed by atoms with Crippen LogP contribution in [0.15, 0.2) is 18.3 Å². The number of sulfone groups is 1. The second kappa shape index (κ2) is 6.56. The summed E-state index contributed by atoms with van der Waals surface area (Å²) in [5.41, 5.74) is 0.925. The second-order valence-electron chi connectivity index (χ2n) is 6.16. The van der Waals surface area contributed by atoms with Crippen LogP contribution in [0.25, 0.3) is 0 Å². The minimum atomic E-state index is -3.12. The molecule has 1 aromatic heterocycles. The van der Waals surface area contributed by atoms with Gasteiger partial charge in [-0.2, -0.15) is 0 Å². The fourth-order valence-electron chi connectivity index (χ4n) is 1.95. The van der Waals surface area contributed by atoms with E-state index in [0.717, 1.165) is 12.0 Å². The van der Waals surface area contributed by atoms with Crippen LogP contribution >= 0.6 is 0 Å². The first kappa shape index (κ1) is 17.6. The molecule has 1 amide bonds. The molecule has 0 atom stereocenters. The molecule has 6 heteroatoms. The van der Waals surface area contributed by atoms with E-state index >= 15 is 0 Å². The van der Waals surface area contributed by atoms with Crippen molar-refractivity contribution >= 4 is 15.7 Å².